The van der Waals surface area contributed by atoms with Gasteiger partial charge in [-0.25, -0.2) is 4.79 Å². The largest absolute Gasteiger partial charge is 0.350 e. The molecule has 3 N–H and O–H groups in total. The molecule has 0 fully saturated rings. The van der Waals surface area contributed by atoms with Gasteiger partial charge in [-0.05, 0) is 18.4 Å². The highest BCUT2D eigenvalue weighted by molar-refractivity contribution is 5.74. The van der Waals surface area contributed by atoms with Crippen molar-refractivity contribution in [2.24, 2.45) is 7.05 Å². The van der Waals surface area contributed by atoms with Crippen molar-refractivity contribution in [3.8, 4) is 0 Å². The molecule has 8 heteroatoms. The second kappa shape index (κ2) is 8.22. The highest BCUT2D eigenvalue weighted by atomic mass is 16.2. The summed E-state index contributed by atoms with van der Waals surface area (Å²) in [5.74, 6) is 0.631. The minimum Gasteiger partial charge on any atom is -0.350 e. The molecular weight excluding hydrogens is 344 g/mol. The smallest absolute Gasteiger partial charge is 0.329 e. The number of rotatable bonds is 8. The molecule has 0 saturated heterocycles. The zero-order valence-corrected chi connectivity index (χ0v) is 16.1. The lowest BCUT2D eigenvalue weighted by Gasteiger charge is -2.12. The van der Waals surface area contributed by atoms with Gasteiger partial charge in [0.15, 0.2) is 11.2 Å². The van der Waals surface area contributed by atoms with Crippen molar-refractivity contribution in [1.82, 2.24) is 19.1 Å². The Kier molecular flexibility index (Phi) is 5.75. The highest BCUT2D eigenvalue weighted by Crippen LogP contribution is 2.16. The van der Waals surface area contributed by atoms with E-state index in [1.807, 2.05) is 22.8 Å². The molecule has 0 amide bonds. The van der Waals surface area contributed by atoms with Gasteiger partial charge in [-0.2, -0.15) is 4.98 Å². The molecule has 27 heavy (non-hydrogen) atoms. The van der Waals surface area contributed by atoms with Crippen molar-refractivity contribution in [3.05, 3.63) is 56.7 Å². The Balaban J connectivity index is 1.90. The van der Waals surface area contributed by atoms with E-state index in [9.17, 15) is 9.59 Å². The summed E-state index contributed by atoms with van der Waals surface area (Å²) in [5, 5.41) is 3.32. The minimum absolute atomic E-state index is 0.397. The van der Waals surface area contributed by atoms with Crippen molar-refractivity contribution in [1.29, 1.82) is 0 Å². The first-order chi connectivity index (χ1) is 13.0. The van der Waals surface area contributed by atoms with E-state index in [1.165, 1.54) is 15.0 Å². The van der Waals surface area contributed by atoms with Crippen molar-refractivity contribution >= 4 is 17.1 Å². The van der Waals surface area contributed by atoms with Gasteiger partial charge in [-0.3, -0.25) is 14.3 Å². The van der Waals surface area contributed by atoms with Crippen LogP contribution in [0.2, 0.25) is 0 Å². The van der Waals surface area contributed by atoms with Gasteiger partial charge < -0.3 is 14.8 Å². The maximum atomic E-state index is 12.4. The van der Waals surface area contributed by atoms with Crippen LogP contribution in [0, 0.1) is 0 Å². The van der Waals surface area contributed by atoms with Crippen LogP contribution in [0.4, 0.5) is 5.95 Å². The van der Waals surface area contributed by atoms with E-state index in [0.717, 1.165) is 25.9 Å². The van der Waals surface area contributed by atoms with E-state index in [4.69, 9.17) is 0 Å². The van der Waals surface area contributed by atoms with Gasteiger partial charge in [-0.15, -0.1) is 0 Å². The van der Waals surface area contributed by atoms with Gasteiger partial charge in [0.1, 0.15) is 0 Å². The zero-order chi connectivity index (χ0) is 19.4. The van der Waals surface area contributed by atoms with E-state index in [-0.39, 0.29) is 0 Å². The standard InChI is InChI=1S/C19H26N6O2/c1-23(2)13-11-20-18-21-16-15(17(26)22-19(27)24(16)3)25(18)12-7-10-14-8-5-4-6-9-14/h4-6,8-9H,7,10-13H2,1-3H3,(H,20,21)(H,22,26,27)/p+1. The molecule has 0 atom stereocenters. The van der Waals surface area contributed by atoms with Crippen LogP contribution in [0.3, 0.4) is 0 Å². The van der Waals surface area contributed by atoms with E-state index in [1.54, 1.807) is 7.05 Å². The maximum Gasteiger partial charge on any atom is 0.329 e. The summed E-state index contributed by atoms with van der Waals surface area (Å²) in [5.41, 5.74) is 1.25. The zero-order valence-electron chi connectivity index (χ0n) is 16.1. The molecule has 144 valence electrons. The number of hydrogen-bond acceptors (Lipinski definition) is 4. The molecule has 0 bridgehead atoms. The number of benzene rings is 1. The van der Waals surface area contributed by atoms with E-state index >= 15 is 0 Å². The Morgan fingerprint density at radius 1 is 1.19 bits per heavy atom. The lowest BCUT2D eigenvalue weighted by atomic mass is 10.1. The number of anilines is 1. The molecule has 2 aromatic heterocycles. The third kappa shape index (κ3) is 4.28. The molecule has 8 nitrogen and oxygen atoms in total. The Morgan fingerprint density at radius 2 is 1.93 bits per heavy atom. The lowest BCUT2D eigenvalue weighted by Crippen LogP contribution is -3.06. The second-order valence-electron chi connectivity index (χ2n) is 7.05. The number of quaternary nitrogens is 1. The molecule has 1 aromatic carbocycles. The number of aromatic nitrogens is 4. The first-order valence-electron chi connectivity index (χ1n) is 9.23. The predicted molar refractivity (Wildman–Crippen MR) is 107 cm³/mol. The summed E-state index contributed by atoms with van der Waals surface area (Å²) in [6.07, 6.45) is 1.77. The third-order valence-corrected chi connectivity index (χ3v) is 4.61. The molecule has 0 aliphatic carbocycles. The Morgan fingerprint density at radius 3 is 2.63 bits per heavy atom. The second-order valence-corrected chi connectivity index (χ2v) is 7.05. The van der Waals surface area contributed by atoms with E-state index < -0.39 is 11.2 Å². The summed E-state index contributed by atoms with van der Waals surface area (Å²) in [4.78, 5) is 32.6. The molecule has 2 heterocycles. The molecule has 0 spiro atoms. The summed E-state index contributed by atoms with van der Waals surface area (Å²) in [6.45, 7) is 2.29. The fraction of sp³-hybridized carbons (Fsp3) is 0.421. The van der Waals surface area contributed by atoms with Gasteiger partial charge in [-0.1, -0.05) is 30.3 Å². The van der Waals surface area contributed by atoms with Crippen molar-refractivity contribution in [2.75, 3.05) is 32.5 Å². The number of likely N-dealkylation sites (N-methyl/N-ethyl adjacent to an activating group) is 1. The van der Waals surface area contributed by atoms with Gasteiger partial charge in [0.25, 0.3) is 5.56 Å². The summed E-state index contributed by atoms with van der Waals surface area (Å²) < 4.78 is 3.27. The Labute approximate surface area is 157 Å². The van der Waals surface area contributed by atoms with Crippen LogP contribution in [-0.2, 0) is 20.0 Å². The summed E-state index contributed by atoms with van der Waals surface area (Å²) in [7, 11) is 5.79. The van der Waals surface area contributed by atoms with Crippen molar-refractivity contribution in [3.63, 3.8) is 0 Å². The minimum atomic E-state index is -0.453. The molecule has 0 saturated carbocycles. The summed E-state index contributed by atoms with van der Waals surface area (Å²) >= 11 is 0. The van der Waals surface area contributed by atoms with Crippen LogP contribution in [0.25, 0.3) is 11.2 Å². The number of H-pyrrole nitrogens is 1. The van der Waals surface area contributed by atoms with Crippen molar-refractivity contribution < 1.29 is 4.90 Å². The normalized spacial score (nSPS) is 11.4. The third-order valence-electron chi connectivity index (χ3n) is 4.61. The average Bonchev–Trinajstić information content (AvgIpc) is 3.00. The topological polar surface area (TPSA) is 89.2 Å². The van der Waals surface area contributed by atoms with Crippen molar-refractivity contribution in [2.45, 2.75) is 19.4 Å². The average molecular weight is 371 g/mol. The molecule has 3 aromatic rings. The molecule has 0 radical (unpaired) electrons. The van der Waals surface area contributed by atoms with Gasteiger partial charge in [0, 0.05) is 13.6 Å². The van der Waals surface area contributed by atoms with E-state index in [0.29, 0.717) is 23.7 Å². The molecular formula is C19H27N6O2+. The lowest BCUT2D eigenvalue weighted by molar-refractivity contribution is -0.856. The fourth-order valence-corrected chi connectivity index (χ4v) is 3.10. The maximum absolute atomic E-state index is 12.4. The van der Waals surface area contributed by atoms with Gasteiger partial charge >= 0.3 is 5.69 Å². The Hall–Kier alpha value is -2.87. The molecule has 3 rings (SSSR count). The molecule has 0 aliphatic heterocycles. The number of aromatic amines is 1. The molecule has 0 unspecified atom stereocenters. The Bertz CT molecular complexity index is 1020. The number of aryl methyl sites for hydroxylation is 3. The van der Waals surface area contributed by atoms with E-state index in [2.05, 4.69) is 41.5 Å². The number of fused-ring (bicyclic) bond motifs is 1. The SMILES string of the molecule is Cn1c(=O)[nH]c(=O)c2c1nc(NCC[NH+](C)C)n2CCCc1ccccc1. The summed E-state index contributed by atoms with van der Waals surface area (Å²) in [6, 6.07) is 10.3. The fourth-order valence-electron chi connectivity index (χ4n) is 3.10. The highest BCUT2D eigenvalue weighted by Gasteiger charge is 2.17. The monoisotopic (exact) mass is 371 g/mol. The predicted octanol–water partition coefficient (Wildman–Crippen LogP) is -0.387. The molecule has 0 aliphatic rings. The quantitative estimate of drug-likeness (QED) is 0.503. The number of nitrogens with zero attached hydrogens (tertiary/aromatic N) is 3. The van der Waals surface area contributed by atoms with Crippen LogP contribution in [0.15, 0.2) is 39.9 Å². The van der Waals surface area contributed by atoms with Crippen LogP contribution in [0.1, 0.15) is 12.0 Å². The number of hydrogen-bond donors (Lipinski definition) is 3. The first kappa shape index (κ1) is 18.9. The van der Waals surface area contributed by atoms with Gasteiger partial charge in [0.2, 0.25) is 5.95 Å². The van der Waals surface area contributed by atoms with Crippen LogP contribution < -0.4 is 21.5 Å². The van der Waals surface area contributed by atoms with Crippen LogP contribution in [-0.4, -0.2) is 46.3 Å². The van der Waals surface area contributed by atoms with Gasteiger partial charge in [0.05, 0.1) is 27.2 Å². The van der Waals surface area contributed by atoms with Crippen LogP contribution >= 0.6 is 0 Å². The number of nitrogens with one attached hydrogen (secondary N) is 3. The van der Waals surface area contributed by atoms with Crippen LogP contribution in [0.5, 0.6) is 0 Å². The number of imidazole rings is 1. The first-order valence-corrected chi connectivity index (χ1v) is 9.23.